The lowest BCUT2D eigenvalue weighted by molar-refractivity contribution is -0.137. The summed E-state index contributed by atoms with van der Waals surface area (Å²) in [5, 5.41) is -0.405. The zero-order chi connectivity index (χ0) is 14.5. The van der Waals surface area contributed by atoms with Crippen molar-refractivity contribution in [2.24, 2.45) is 5.84 Å². The second-order valence-corrected chi connectivity index (χ2v) is 4.68. The molecular formula is C10H12F3N3O2S. The second kappa shape index (κ2) is 6.73. The summed E-state index contributed by atoms with van der Waals surface area (Å²) < 4.78 is 41.8. The van der Waals surface area contributed by atoms with Crippen LogP contribution in [0.15, 0.2) is 23.4 Å². The Balaban J connectivity index is 2.78. The zero-order valence-corrected chi connectivity index (χ0v) is 10.7. The van der Waals surface area contributed by atoms with Crippen molar-refractivity contribution in [1.82, 2.24) is 10.4 Å². The van der Waals surface area contributed by atoms with Crippen LogP contribution < -0.4 is 11.3 Å². The molecule has 1 aromatic rings. The van der Waals surface area contributed by atoms with E-state index >= 15 is 0 Å². The number of carbonyl (C=O) groups excluding carboxylic acids is 1. The summed E-state index contributed by atoms with van der Waals surface area (Å²) in [5.74, 6) is 4.51. The Morgan fingerprint density at radius 1 is 1.58 bits per heavy atom. The number of nitrogens with one attached hydrogen (secondary N) is 1. The summed E-state index contributed by atoms with van der Waals surface area (Å²) >= 11 is 0.970. The minimum Gasteiger partial charge on any atom is -0.383 e. The Morgan fingerprint density at radius 2 is 2.26 bits per heavy atom. The van der Waals surface area contributed by atoms with E-state index in [0.29, 0.717) is 6.20 Å². The fraction of sp³-hybridized carbons (Fsp3) is 0.400. The largest absolute Gasteiger partial charge is 0.417 e. The van der Waals surface area contributed by atoms with Gasteiger partial charge >= 0.3 is 6.18 Å². The van der Waals surface area contributed by atoms with Crippen LogP contribution >= 0.6 is 11.8 Å². The van der Waals surface area contributed by atoms with Crippen molar-refractivity contribution >= 4 is 17.7 Å². The first-order chi connectivity index (χ1) is 8.88. The number of amides is 1. The van der Waals surface area contributed by atoms with Gasteiger partial charge in [0.2, 0.25) is 5.91 Å². The number of hydrazine groups is 1. The highest BCUT2D eigenvalue weighted by Gasteiger charge is 2.31. The topological polar surface area (TPSA) is 77.2 Å². The fourth-order valence-electron chi connectivity index (χ4n) is 1.17. The zero-order valence-electron chi connectivity index (χ0n) is 9.90. The highest BCUT2D eigenvalue weighted by Crippen LogP contribution is 2.30. The fourth-order valence-corrected chi connectivity index (χ4v) is 2.10. The lowest BCUT2D eigenvalue weighted by Gasteiger charge is -2.13. The Labute approximate surface area is 111 Å². The van der Waals surface area contributed by atoms with Crippen LogP contribution in [0.1, 0.15) is 5.56 Å². The summed E-state index contributed by atoms with van der Waals surface area (Å²) in [5.41, 5.74) is 1.11. The van der Waals surface area contributed by atoms with E-state index in [1.807, 2.05) is 5.43 Å². The predicted octanol–water partition coefficient (Wildman–Crippen LogP) is 1.20. The number of hydrogen-bond donors (Lipinski definition) is 2. The van der Waals surface area contributed by atoms with Gasteiger partial charge in [0.25, 0.3) is 0 Å². The molecule has 0 radical (unpaired) electrons. The molecule has 106 valence electrons. The molecule has 1 amide bonds. The number of halogens is 3. The van der Waals surface area contributed by atoms with Gasteiger partial charge in [-0.3, -0.25) is 10.2 Å². The third-order valence-electron chi connectivity index (χ3n) is 2.08. The quantitative estimate of drug-likeness (QED) is 0.369. The number of aromatic nitrogens is 1. The first-order valence-corrected chi connectivity index (χ1v) is 5.95. The molecule has 19 heavy (non-hydrogen) atoms. The van der Waals surface area contributed by atoms with E-state index in [-0.39, 0.29) is 11.6 Å². The van der Waals surface area contributed by atoms with E-state index in [0.717, 1.165) is 17.8 Å². The highest BCUT2D eigenvalue weighted by atomic mass is 32.2. The lowest BCUT2D eigenvalue weighted by Crippen LogP contribution is -2.39. The van der Waals surface area contributed by atoms with Gasteiger partial charge in [-0.1, -0.05) is 11.8 Å². The number of pyridine rings is 1. The Morgan fingerprint density at radius 3 is 2.68 bits per heavy atom. The van der Waals surface area contributed by atoms with Crippen molar-refractivity contribution in [3.63, 3.8) is 0 Å². The molecule has 1 unspecified atom stereocenters. The molecule has 0 bridgehead atoms. The van der Waals surface area contributed by atoms with Gasteiger partial charge in [-0.15, -0.1) is 0 Å². The van der Waals surface area contributed by atoms with Crippen molar-refractivity contribution in [2.45, 2.75) is 16.5 Å². The van der Waals surface area contributed by atoms with Crippen LogP contribution in [0, 0.1) is 0 Å². The Bertz CT molecular complexity index is 425. The summed E-state index contributed by atoms with van der Waals surface area (Å²) in [4.78, 5) is 15.0. The van der Waals surface area contributed by atoms with E-state index in [1.165, 1.54) is 13.2 Å². The smallest absolute Gasteiger partial charge is 0.383 e. The van der Waals surface area contributed by atoms with Crippen molar-refractivity contribution in [3.05, 3.63) is 23.9 Å². The summed E-state index contributed by atoms with van der Waals surface area (Å²) in [7, 11) is 1.40. The normalized spacial score (nSPS) is 13.1. The maximum absolute atomic E-state index is 12.3. The molecule has 0 saturated carbocycles. The molecule has 0 aliphatic rings. The third kappa shape index (κ3) is 4.69. The number of ether oxygens (including phenoxy) is 1. The molecule has 0 aromatic carbocycles. The Hall–Kier alpha value is -1.32. The molecule has 0 saturated heterocycles. The number of alkyl halides is 3. The second-order valence-electron chi connectivity index (χ2n) is 3.45. The first kappa shape index (κ1) is 15.7. The van der Waals surface area contributed by atoms with E-state index in [9.17, 15) is 18.0 Å². The molecule has 1 rings (SSSR count). The molecule has 0 spiro atoms. The van der Waals surface area contributed by atoms with Gasteiger partial charge in [0, 0.05) is 13.3 Å². The maximum atomic E-state index is 12.3. The van der Waals surface area contributed by atoms with Crippen LogP contribution in [0.4, 0.5) is 13.2 Å². The van der Waals surface area contributed by atoms with Crippen LogP contribution in [0.5, 0.6) is 0 Å². The van der Waals surface area contributed by atoms with Gasteiger partial charge in [0.15, 0.2) is 0 Å². The molecule has 0 aliphatic carbocycles. The van der Waals surface area contributed by atoms with Gasteiger partial charge in [-0.2, -0.15) is 13.2 Å². The van der Waals surface area contributed by atoms with Crippen LogP contribution in [0.25, 0.3) is 0 Å². The average Bonchev–Trinajstić information content (AvgIpc) is 2.37. The third-order valence-corrected chi connectivity index (χ3v) is 3.20. The van der Waals surface area contributed by atoms with Crippen molar-refractivity contribution in [1.29, 1.82) is 0 Å². The van der Waals surface area contributed by atoms with Crippen LogP contribution in [-0.4, -0.2) is 29.9 Å². The number of thioether (sulfide) groups is 1. The minimum atomic E-state index is -4.43. The number of nitrogens with zero attached hydrogens (tertiary/aromatic N) is 1. The minimum absolute atomic E-state index is 0.0659. The summed E-state index contributed by atoms with van der Waals surface area (Å²) in [6, 6.07) is 2.10. The predicted molar refractivity (Wildman–Crippen MR) is 63.1 cm³/mol. The van der Waals surface area contributed by atoms with Crippen LogP contribution in [0.3, 0.4) is 0 Å². The number of carbonyl (C=O) groups is 1. The molecule has 1 heterocycles. The lowest BCUT2D eigenvalue weighted by atomic mass is 10.3. The van der Waals surface area contributed by atoms with E-state index in [4.69, 9.17) is 10.6 Å². The molecule has 1 atom stereocenters. The van der Waals surface area contributed by atoms with Gasteiger partial charge in [0.1, 0.15) is 5.25 Å². The van der Waals surface area contributed by atoms with E-state index in [2.05, 4.69) is 4.98 Å². The average molecular weight is 295 g/mol. The Kier molecular flexibility index (Phi) is 5.58. The van der Waals surface area contributed by atoms with Crippen LogP contribution in [-0.2, 0) is 15.7 Å². The standard InChI is InChI=1S/C10H12F3N3O2S/c1-18-5-7(9(17)16-14)19-8-3-2-6(4-15-8)10(11,12)13/h2-4,7H,5,14H2,1H3,(H,16,17). The molecule has 1 aromatic heterocycles. The van der Waals surface area contributed by atoms with Crippen molar-refractivity contribution < 1.29 is 22.7 Å². The number of rotatable bonds is 5. The SMILES string of the molecule is COCC(Sc1ccc(C(F)(F)F)cn1)C(=O)NN. The highest BCUT2D eigenvalue weighted by molar-refractivity contribution is 8.00. The maximum Gasteiger partial charge on any atom is 0.417 e. The number of nitrogens with two attached hydrogens (primary N) is 1. The van der Waals surface area contributed by atoms with E-state index < -0.39 is 22.9 Å². The van der Waals surface area contributed by atoms with E-state index in [1.54, 1.807) is 0 Å². The number of hydrogen-bond acceptors (Lipinski definition) is 5. The van der Waals surface area contributed by atoms with Crippen molar-refractivity contribution in [3.8, 4) is 0 Å². The first-order valence-electron chi connectivity index (χ1n) is 5.07. The number of methoxy groups -OCH3 is 1. The molecule has 0 aliphatic heterocycles. The van der Waals surface area contributed by atoms with Gasteiger partial charge < -0.3 is 4.74 Å². The molecule has 0 fully saturated rings. The summed E-state index contributed by atoms with van der Waals surface area (Å²) in [6.45, 7) is 0.0659. The van der Waals surface area contributed by atoms with Gasteiger partial charge in [0.05, 0.1) is 17.2 Å². The molecular weight excluding hydrogens is 283 g/mol. The molecule has 5 nitrogen and oxygen atoms in total. The van der Waals surface area contributed by atoms with Crippen LogP contribution in [0.2, 0.25) is 0 Å². The van der Waals surface area contributed by atoms with Crippen molar-refractivity contribution in [2.75, 3.05) is 13.7 Å². The monoisotopic (exact) mass is 295 g/mol. The van der Waals surface area contributed by atoms with Gasteiger partial charge in [-0.25, -0.2) is 10.8 Å². The molecule has 3 N–H and O–H groups in total. The van der Waals surface area contributed by atoms with Gasteiger partial charge in [-0.05, 0) is 12.1 Å². The summed E-state index contributed by atoms with van der Waals surface area (Å²) in [6.07, 6.45) is -3.72. The molecule has 9 heteroatoms.